The number of hydrogen-bond donors (Lipinski definition) is 4. The number of nitrogens with one attached hydrogen (secondary N) is 4. The van der Waals surface area contributed by atoms with Crippen LogP contribution in [-0.2, 0) is 35.1 Å². The fourth-order valence-electron chi connectivity index (χ4n) is 5.96. The van der Waals surface area contributed by atoms with Crippen molar-refractivity contribution in [1.82, 2.24) is 21.3 Å². The quantitative estimate of drug-likeness (QED) is 0.306. The average Bonchev–Trinajstić information content (AvgIpc) is 3.47. The minimum Gasteiger partial charge on any atom is -0.488 e. The molecule has 1 aliphatic carbocycles. The van der Waals surface area contributed by atoms with Gasteiger partial charge in [0, 0.05) is 13.0 Å². The van der Waals surface area contributed by atoms with Crippen molar-refractivity contribution in [3.8, 4) is 5.75 Å². The number of ether oxygens (including phenoxy) is 3. The number of carbonyl (C=O) groups is 5. The molecule has 1 unspecified atom stereocenters. The number of allylic oxidation sites excluding steroid dienone is 1. The minimum absolute atomic E-state index is 0.0522. The van der Waals surface area contributed by atoms with E-state index in [0.29, 0.717) is 50.7 Å². The molecule has 0 aromatic heterocycles. The Morgan fingerprint density at radius 3 is 2.21 bits per heavy atom. The summed E-state index contributed by atoms with van der Waals surface area (Å²) in [6.45, 7) is 11.2. The third-order valence-corrected chi connectivity index (χ3v) is 8.32. The Hall–Kier alpha value is -4.09. The van der Waals surface area contributed by atoms with Gasteiger partial charge in [-0.1, -0.05) is 37.5 Å². The number of benzene rings is 1. The van der Waals surface area contributed by atoms with Crippen molar-refractivity contribution in [2.45, 2.75) is 129 Å². The highest BCUT2D eigenvalue weighted by molar-refractivity contribution is 5.99. The van der Waals surface area contributed by atoms with Gasteiger partial charge in [-0.15, -0.1) is 0 Å². The standard InChI is InChI=1S/C36H54N4O8/c1-34(2,3)47-25-17-15-24(16-18-25)23-28(40-33(45)48-35(4,5)6)30(42)38-26-13-9-8-10-14-27(31(43)46-7)39-32(44)36(19-11-12-20-36)21-22-37-29(26)41/h13,15-18,27-28H,8-12,14,19-23H2,1-7H3,(H,37,41)(H,38,42)(H,39,44)(H,40,45)/b26-13+/t27?,28-/m0/s1. The number of amides is 4. The van der Waals surface area contributed by atoms with E-state index in [1.807, 2.05) is 32.9 Å². The van der Waals surface area contributed by atoms with Gasteiger partial charge >= 0.3 is 12.1 Å². The van der Waals surface area contributed by atoms with E-state index in [-0.39, 0.29) is 30.2 Å². The molecule has 12 heteroatoms. The second kappa shape index (κ2) is 16.8. The lowest BCUT2D eigenvalue weighted by molar-refractivity contribution is -0.147. The molecule has 3 rings (SSSR count). The Balaban J connectivity index is 1.82. The SMILES string of the molecule is COC(=O)C1CCCC/C=C(/NC(=O)[C@H](Cc2ccc(OC(C)(C)C)cc2)NC(=O)OC(C)(C)C)C(=O)NCCC2(CCCC2)C(=O)N1. The lowest BCUT2D eigenvalue weighted by atomic mass is 9.81. The lowest BCUT2D eigenvalue weighted by Crippen LogP contribution is -2.51. The summed E-state index contributed by atoms with van der Waals surface area (Å²) in [5.41, 5.74) is -1.05. The summed E-state index contributed by atoms with van der Waals surface area (Å²) in [4.78, 5) is 66.0. The van der Waals surface area contributed by atoms with E-state index >= 15 is 0 Å². The van der Waals surface area contributed by atoms with E-state index < -0.39 is 47.0 Å². The first-order valence-electron chi connectivity index (χ1n) is 17.0. The maximum atomic E-state index is 13.8. The van der Waals surface area contributed by atoms with Gasteiger partial charge < -0.3 is 35.5 Å². The van der Waals surface area contributed by atoms with Crippen LogP contribution in [0.25, 0.3) is 0 Å². The third kappa shape index (κ3) is 12.2. The zero-order valence-electron chi connectivity index (χ0n) is 29.6. The predicted octanol–water partition coefficient (Wildman–Crippen LogP) is 4.60. The van der Waals surface area contributed by atoms with E-state index in [4.69, 9.17) is 14.2 Å². The Bertz CT molecular complexity index is 1320. The first-order valence-corrected chi connectivity index (χ1v) is 17.0. The van der Waals surface area contributed by atoms with Crippen molar-refractivity contribution in [2.24, 2.45) is 5.41 Å². The zero-order valence-corrected chi connectivity index (χ0v) is 29.6. The van der Waals surface area contributed by atoms with Gasteiger partial charge in [0.05, 0.1) is 12.5 Å². The van der Waals surface area contributed by atoms with E-state index in [2.05, 4.69) is 21.3 Å². The highest BCUT2D eigenvalue weighted by Crippen LogP contribution is 2.41. The highest BCUT2D eigenvalue weighted by atomic mass is 16.6. The summed E-state index contributed by atoms with van der Waals surface area (Å²) < 4.78 is 16.3. The van der Waals surface area contributed by atoms with Crippen LogP contribution in [0.1, 0.15) is 105 Å². The van der Waals surface area contributed by atoms with E-state index in [1.54, 1.807) is 39.0 Å². The van der Waals surface area contributed by atoms with E-state index in [9.17, 15) is 24.0 Å². The minimum atomic E-state index is -1.07. The van der Waals surface area contributed by atoms with Crippen LogP contribution in [0.15, 0.2) is 36.0 Å². The van der Waals surface area contributed by atoms with Crippen LogP contribution < -0.4 is 26.0 Å². The van der Waals surface area contributed by atoms with Crippen molar-refractivity contribution in [3.63, 3.8) is 0 Å². The molecule has 48 heavy (non-hydrogen) atoms. The molecule has 4 amide bonds. The van der Waals surface area contributed by atoms with Gasteiger partial charge in [-0.05, 0) is 97.8 Å². The Morgan fingerprint density at radius 1 is 0.938 bits per heavy atom. The van der Waals surface area contributed by atoms with Crippen LogP contribution in [0.5, 0.6) is 5.75 Å². The maximum absolute atomic E-state index is 13.8. The topological polar surface area (TPSA) is 161 Å². The number of alkyl carbamates (subject to hydrolysis) is 1. The molecule has 0 bridgehead atoms. The summed E-state index contributed by atoms with van der Waals surface area (Å²) >= 11 is 0. The third-order valence-electron chi connectivity index (χ3n) is 8.32. The molecule has 12 nitrogen and oxygen atoms in total. The van der Waals surface area contributed by atoms with Crippen LogP contribution in [0.2, 0.25) is 0 Å². The van der Waals surface area contributed by atoms with Crippen molar-refractivity contribution >= 4 is 29.8 Å². The molecule has 4 N–H and O–H groups in total. The Labute approximate surface area is 284 Å². The first kappa shape index (κ1) is 38.4. The molecule has 1 aliphatic heterocycles. The summed E-state index contributed by atoms with van der Waals surface area (Å²) in [7, 11) is 1.31. The van der Waals surface area contributed by atoms with Crippen molar-refractivity contribution < 1.29 is 38.2 Å². The van der Waals surface area contributed by atoms with Crippen LogP contribution in [0.4, 0.5) is 4.79 Å². The number of rotatable bonds is 7. The molecule has 0 radical (unpaired) electrons. The fraction of sp³-hybridized carbons (Fsp3) is 0.639. The molecule has 1 heterocycles. The molecule has 1 fully saturated rings. The highest BCUT2D eigenvalue weighted by Gasteiger charge is 2.42. The normalized spacial score (nSPS) is 21.0. The summed E-state index contributed by atoms with van der Waals surface area (Å²) in [5, 5.41) is 11.2. The maximum Gasteiger partial charge on any atom is 0.408 e. The molecule has 1 saturated carbocycles. The van der Waals surface area contributed by atoms with Gasteiger partial charge in [-0.3, -0.25) is 14.4 Å². The number of esters is 1. The second-order valence-corrected chi connectivity index (χ2v) is 14.7. The molecule has 2 atom stereocenters. The zero-order chi connectivity index (χ0) is 35.5. The van der Waals surface area contributed by atoms with Crippen LogP contribution in [-0.4, -0.2) is 66.7 Å². The Morgan fingerprint density at radius 2 is 1.60 bits per heavy atom. The summed E-state index contributed by atoms with van der Waals surface area (Å²) in [6.07, 6.45) is 6.44. The van der Waals surface area contributed by atoms with Crippen molar-refractivity contribution in [2.75, 3.05) is 13.7 Å². The first-order chi connectivity index (χ1) is 22.5. The molecular formula is C36H54N4O8. The fourth-order valence-corrected chi connectivity index (χ4v) is 5.96. The van der Waals surface area contributed by atoms with Crippen LogP contribution in [0, 0.1) is 5.41 Å². The van der Waals surface area contributed by atoms with Gasteiger partial charge in [-0.25, -0.2) is 9.59 Å². The number of hydrogen-bond acceptors (Lipinski definition) is 8. The van der Waals surface area contributed by atoms with E-state index in [0.717, 1.165) is 18.4 Å². The van der Waals surface area contributed by atoms with Gasteiger partial charge in [0.25, 0.3) is 5.91 Å². The summed E-state index contributed by atoms with van der Waals surface area (Å²) in [6, 6.07) is 5.43. The molecule has 2 aliphatic rings. The molecular weight excluding hydrogens is 616 g/mol. The monoisotopic (exact) mass is 670 g/mol. The molecule has 1 aromatic rings. The Kier molecular flexibility index (Phi) is 13.5. The van der Waals surface area contributed by atoms with Gasteiger partial charge in [0.15, 0.2) is 0 Å². The van der Waals surface area contributed by atoms with Crippen molar-refractivity contribution in [3.05, 3.63) is 41.6 Å². The van der Waals surface area contributed by atoms with Gasteiger partial charge in [-0.2, -0.15) is 0 Å². The molecule has 0 saturated heterocycles. The average molecular weight is 671 g/mol. The van der Waals surface area contributed by atoms with Gasteiger partial charge in [0.1, 0.15) is 34.7 Å². The number of methoxy groups -OCH3 is 1. The van der Waals surface area contributed by atoms with Crippen molar-refractivity contribution in [1.29, 1.82) is 0 Å². The van der Waals surface area contributed by atoms with Gasteiger partial charge in [0.2, 0.25) is 11.8 Å². The molecule has 1 aromatic carbocycles. The predicted molar refractivity (Wildman–Crippen MR) is 181 cm³/mol. The summed E-state index contributed by atoms with van der Waals surface area (Å²) in [5.74, 6) is -1.08. The largest absolute Gasteiger partial charge is 0.488 e. The lowest BCUT2D eigenvalue weighted by Gasteiger charge is -2.30. The molecule has 1 spiro atoms. The van der Waals surface area contributed by atoms with E-state index in [1.165, 1.54) is 7.11 Å². The second-order valence-electron chi connectivity index (χ2n) is 14.7. The number of carbonyl (C=O) groups excluding carboxylic acids is 5. The smallest absolute Gasteiger partial charge is 0.408 e. The van der Waals surface area contributed by atoms with Crippen LogP contribution in [0.3, 0.4) is 0 Å². The molecule has 266 valence electrons. The van der Waals surface area contributed by atoms with Crippen LogP contribution >= 0.6 is 0 Å².